The second kappa shape index (κ2) is 6.50. The molecule has 0 radical (unpaired) electrons. The summed E-state index contributed by atoms with van der Waals surface area (Å²) in [5, 5.41) is 7.17. The molecule has 5 nitrogen and oxygen atoms in total. The van der Waals surface area contributed by atoms with Crippen LogP contribution >= 0.6 is 0 Å². The normalized spacial score (nSPS) is 10.7. The third kappa shape index (κ3) is 3.43. The first-order valence-electron chi connectivity index (χ1n) is 4.97. The van der Waals surface area contributed by atoms with Gasteiger partial charge in [0.05, 0.1) is 19.7 Å². The first kappa shape index (κ1) is 11.1. The Morgan fingerprint density at radius 3 is 3.07 bits per heavy atom. The first-order valence-corrected chi connectivity index (χ1v) is 4.97. The largest absolute Gasteiger partial charge is 0.380 e. The number of hydrogen-bond acceptors (Lipinski definition) is 4. The van der Waals surface area contributed by atoms with Crippen LogP contribution < -0.4 is 5.32 Å². The van der Waals surface area contributed by atoms with Crippen LogP contribution in [0.4, 0.5) is 0 Å². The molecule has 1 rings (SSSR count). The molecule has 0 atom stereocenters. The number of nitrogens with one attached hydrogen (secondary N) is 1. The Labute approximate surface area is 84.5 Å². The van der Waals surface area contributed by atoms with Crippen LogP contribution in [0.15, 0.2) is 6.33 Å². The molecule has 1 aromatic heterocycles. The molecular formula is C9H18N4O. The lowest BCUT2D eigenvalue weighted by atomic mass is 10.5. The molecule has 5 heteroatoms. The molecule has 0 fully saturated rings. The zero-order valence-corrected chi connectivity index (χ0v) is 8.86. The maximum atomic E-state index is 5.38. The highest BCUT2D eigenvalue weighted by Gasteiger charge is 2.01. The molecule has 1 N–H and O–H groups in total. The molecule has 14 heavy (non-hydrogen) atoms. The molecule has 1 aromatic rings. The molecule has 0 aromatic carbocycles. The number of aromatic nitrogens is 3. The average molecular weight is 198 g/mol. The van der Waals surface area contributed by atoms with Crippen LogP contribution in [0.1, 0.15) is 19.2 Å². The van der Waals surface area contributed by atoms with Crippen LogP contribution in [0, 0.1) is 0 Å². The van der Waals surface area contributed by atoms with Crippen LogP contribution in [0.2, 0.25) is 0 Å². The highest BCUT2D eigenvalue weighted by atomic mass is 16.5. The minimum absolute atomic E-state index is 0.702. The van der Waals surface area contributed by atoms with E-state index in [0.717, 1.165) is 31.9 Å². The number of ether oxygens (including phenoxy) is 1. The molecule has 0 saturated heterocycles. The summed E-state index contributed by atoms with van der Waals surface area (Å²) in [6, 6.07) is 0. The lowest BCUT2D eigenvalue weighted by Crippen LogP contribution is -2.16. The summed E-state index contributed by atoms with van der Waals surface area (Å²) in [5.41, 5.74) is 0. The SMILES string of the molecule is CCCOCCn1ncnc1CNC. The summed E-state index contributed by atoms with van der Waals surface area (Å²) in [6.07, 6.45) is 2.63. The van der Waals surface area contributed by atoms with Gasteiger partial charge in [0.15, 0.2) is 0 Å². The molecule has 0 amide bonds. The van der Waals surface area contributed by atoms with Crippen molar-refractivity contribution in [1.82, 2.24) is 20.1 Å². The van der Waals surface area contributed by atoms with E-state index in [1.807, 2.05) is 11.7 Å². The first-order chi connectivity index (χ1) is 6.88. The van der Waals surface area contributed by atoms with Crippen LogP contribution in [0.25, 0.3) is 0 Å². The number of rotatable bonds is 7. The molecule has 0 aliphatic rings. The topological polar surface area (TPSA) is 52.0 Å². The summed E-state index contributed by atoms with van der Waals surface area (Å²) in [6.45, 7) is 5.14. The summed E-state index contributed by atoms with van der Waals surface area (Å²) < 4.78 is 7.25. The molecule has 1 heterocycles. The zero-order chi connectivity index (χ0) is 10.2. The molecular weight excluding hydrogens is 180 g/mol. The van der Waals surface area contributed by atoms with Crippen LogP contribution in [-0.4, -0.2) is 35.0 Å². The minimum Gasteiger partial charge on any atom is -0.380 e. The molecule has 0 aliphatic carbocycles. The van der Waals surface area contributed by atoms with Gasteiger partial charge < -0.3 is 10.1 Å². The van der Waals surface area contributed by atoms with Crippen molar-refractivity contribution in [3.05, 3.63) is 12.2 Å². The van der Waals surface area contributed by atoms with Crippen molar-refractivity contribution in [2.24, 2.45) is 0 Å². The third-order valence-corrected chi connectivity index (χ3v) is 1.83. The quantitative estimate of drug-likeness (QED) is 0.645. The van der Waals surface area contributed by atoms with Crippen molar-refractivity contribution in [2.45, 2.75) is 26.4 Å². The second-order valence-electron chi connectivity index (χ2n) is 3.04. The fourth-order valence-electron chi connectivity index (χ4n) is 1.17. The summed E-state index contributed by atoms with van der Waals surface area (Å²) in [7, 11) is 1.90. The Morgan fingerprint density at radius 2 is 2.36 bits per heavy atom. The van der Waals surface area contributed by atoms with E-state index in [2.05, 4.69) is 22.3 Å². The standard InChI is InChI=1S/C9H18N4O/c1-3-5-14-6-4-13-9(7-10-2)11-8-12-13/h8,10H,3-7H2,1-2H3. The maximum Gasteiger partial charge on any atom is 0.140 e. The lowest BCUT2D eigenvalue weighted by molar-refractivity contribution is 0.123. The van der Waals surface area contributed by atoms with Gasteiger partial charge in [0.1, 0.15) is 12.2 Å². The van der Waals surface area contributed by atoms with Gasteiger partial charge in [-0.15, -0.1) is 0 Å². The Kier molecular flexibility index (Phi) is 5.17. The fraction of sp³-hybridized carbons (Fsp3) is 0.778. The van der Waals surface area contributed by atoms with Gasteiger partial charge in [-0.25, -0.2) is 9.67 Å². The molecule has 0 aliphatic heterocycles. The predicted octanol–water partition coefficient (Wildman–Crippen LogP) is 0.424. The van der Waals surface area contributed by atoms with Gasteiger partial charge in [-0.1, -0.05) is 6.92 Å². The molecule has 0 bridgehead atoms. The Hall–Kier alpha value is -0.940. The van der Waals surface area contributed by atoms with E-state index < -0.39 is 0 Å². The molecule has 80 valence electrons. The van der Waals surface area contributed by atoms with Crippen molar-refractivity contribution in [3.8, 4) is 0 Å². The molecule has 0 unspecified atom stereocenters. The second-order valence-corrected chi connectivity index (χ2v) is 3.04. The summed E-state index contributed by atoms with van der Waals surface area (Å²) in [4.78, 5) is 4.14. The van der Waals surface area contributed by atoms with Gasteiger partial charge in [-0.05, 0) is 13.5 Å². The van der Waals surface area contributed by atoms with Gasteiger partial charge in [0.25, 0.3) is 0 Å². The Balaban J connectivity index is 2.30. The van der Waals surface area contributed by atoms with E-state index in [9.17, 15) is 0 Å². The van der Waals surface area contributed by atoms with Crippen LogP contribution in [-0.2, 0) is 17.8 Å². The van der Waals surface area contributed by atoms with Gasteiger partial charge in [0, 0.05) is 6.61 Å². The molecule has 0 spiro atoms. The Bertz CT molecular complexity index is 249. The third-order valence-electron chi connectivity index (χ3n) is 1.83. The summed E-state index contributed by atoms with van der Waals surface area (Å²) >= 11 is 0. The highest BCUT2D eigenvalue weighted by molar-refractivity contribution is 4.82. The van der Waals surface area contributed by atoms with Gasteiger partial charge >= 0.3 is 0 Å². The average Bonchev–Trinajstić information content (AvgIpc) is 2.61. The number of nitrogens with zero attached hydrogens (tertiary/aromatic N) is 3. The van der Waals surface area contributed by atoms with E-state index in [1.165, 1.54) is 0 Å². The van der Waals surface area contributed by atoms with E-state index in [-0.39, 0.29) is 0 Å². The van der Waals surface area contributed by atoms with Crippen LogP contribution in [0.3, 0.4) is 0 Å². The van der Waals surface area contributed by atoms with Crippen molar-refractivity contribution in [3.63, 3.8) is 0 Å². The van der Waals surface area contributed by atoms with E-state index in [1.54, 1.807) is 6.33 Å². The minimum atomic E-state index is 0.702. The smallest absolute Gasteiger partial charge is 0.140 e. The number of hydrogen-bond donors (Lipinski definition) is 1. The molecule has 0 saturated carbocycles. The lowest BCUT2D eigenvalue weighted by Gasteiger charge is -2.05. The van der Waals surface area contributed by atoms with E-state index in [0.29, 0.717) is 6.61 Å². The monoisotopic (exact) mass is 198 g/mol. The highest BCUT2D eigenvalue weighted by Crippen LogP contribution is 1.93. The van der Waals surface area contributed by atoms with E-state index >= 15 is 0 Å². The van der Waals surface area contributed by atoms with Crippen molar-refractivity contribution < 1.29 is 4.74 Å². The van der Waals surface area contributed by atoms with Crippen LogP contribution in [0.5, 0.6) is 0 Å². The van der Waals surface area contributed by atoms with E-state index in [4.69, 9.17) is 4.74 Å². The van der Waals surface area contributed by atoms with Crippen molar-refractivity contribution in [1.29, 1.82) is 0 Å². The van der Waals surface area contributed by atoms with Crippen molar-refractivity contribution >= 4 is 0 Å². The van der Waals surface area contributed by atoms with Crippen molar-refractivity contribution in [2.75, 3.05) is 20.3 Å². The fourth-order valence-corrected chi connectivity index (χ4v) is 1.17. The van der Waals surface area contributed by atoms with Gasteiger partial charge in [-0.3, -0.25) is 0 Å². The van der Waals surface area contributed by atoms with Gasteiger partial charge in [-0.2, -0.15) is 5.10 Å². The van der Waals surface area contributed by atoms with Gasteiger partial charge in [0.2, 0.25) is 0 Å². The zero-order valence-electron chi connectivity index (χ0n) is 8.86. The maximum absolute atomic E-state index is 5.38. The Morgan fingerprint density at radius 1 is 1.50 bits per heavy atom. The summed E-state index contributed by atoms with van der Waals surface area (Å²) in [5.74, 6) is 0.951. The predicted molar refractivity (Wildman–Crippen MR) is 53.9 cm³/mol.